The van der Waals surface area contributed by atoms with Gasteiger partial charge < -0.3 is 41.9 Å². The van der Waals surface area contributed by atoms with Crippen LogP contribution in [0.2, 0.25) is 0 Å². The molecule has 4 saturated carbocycles. The molecule has 4 amide bonds. The van der Waals surface area contributed by atoms with Crippen molar-refractivity contribution in [3.8, 4) is 35.5 Å². The van der Waals surface area contributed by atoms with Gasteiger partial charge in [-0.2, -0.15) is 0 Å². The lowest BCUT2D eigenvalue weighted by molar-refractivity contribution is -0.138. The van der Waals surface area contributed by atoms with E-state index in [4.69, 9.17) is 61.9 Å². The molecule has 4 atom stereocenters. The highest BCUT2D eigenvalue weighted by atomic mass is 16.5. The van der Waals surface area contributed by atoms with E-state index in [-0.39, 0.29) is 69.7 Å². The first-order chi connectivity index (χ1) is 55.3. The van der Waals surface area contributed by atoms with Crippen molar-refractivity contribution >= 4 is 47.5 Å². The Balaban J connectivity index is 0.000000135. The summed E-state index contributed by atoms with van der Waals surface area (Å²) >= 11 is 0. The Bertz CT molecular complexity index is 4390. The minimum atomic E-state index is -0.921. The lowest BCUT2D eigenvalue weighted by Gasteiger charge is -2.45. The summed E-state index contributed by atoms with van der Waals surface area (Å²) in [5, 5.41) is 0. The predicted molar refractivity (Wildman–Crippen MR) is 458 cm³/mol. The van der Waals surface area contributed by atoms with E-state index in [0.717, 1.165) is 193 Å². The summed E-state index contributed by atoms with van der Waals surface area (Å²) in [6.07, 6.45) is 25.5. The molecular formula is C96H128N12O8. The average Bonchev–Trinajstić information content (AvgIpc) is 1.55. The highest BCUT2D eigenvalue weighted by molar-refractivity contribution is 6.11. The summed E-state index contributed by atoms with van der Waals surface area (Å²) in [6, 6.07) is 25.7. The molecule has 8 aliphatic carbocycles. The van der Waals surface area contributed by atoms with E-state index in [9.17, 15) is 19.2 Å². The molecule has 8 N–H and O–H groups in total. The number of hydrogen-bond donors (Lipinski definition) is 4. The van der Waals surface area contributed by atoms with Gasteiger partial charge in [-0.05, 0) is 251 Å². The number of nitrogens with zero attached hydrogens (tertiary/aromatic N) is 8. The SMILES string of the molecule is COC1CCC2(CC1)Cc1ccc(C#CCC(C)C)cc1C21N=C(N)N(C)C1=O.COC1CCC2(CC1)Cc1ccc(C#CCC(C)C)cc1[C@@]21N=C(N)N(C)C1=O.COC1CCC2(CC1)Cc1ccc(C#CCC(C)C)cc1[C@]21N=C(N)N(C)C1=O.COC1CCC2(CC1)Cc1ccc(CCCC(C)C)cc1C21N=C(N)N(C)C1=O. The highest BCUT2D eigenvalue weighted by Crippen LogP contribution is 2.66. The summed E-state index contributed by atoms with van der Waals surface area (Å²) in [5.41, 5.74) is 33.4. The molecule has 16 rings (SSSR count). The first kappa shape index (κ1) is 85.1. The van der Waals surface area contributed by atoms with E-state index in [1.165, 1.54) is 55.4 Å². The minimum Gasteiger partial charge on any atom is -0.381 e. The van der Waals surface area contributed by atoms with Crippen LogP contribution in [-0.4, -0.2) is 148 Å². The number of carbonyl (C=O) groups is 4. The number of rotatable bonds is 11. The fraction of sp³-hybridized carbons (Fsp3) is 0.604. The van der Waals surface area contributed by atoms with Gasteiger partial charge in [0.2, 0.25) is 0 Å². The lowest BCUT2D eigenvalue weighted by Crippen LogP contribution is -2.51. The van der Waals surface area contributed by atoms with Gasteiger partial charge in [-0.25, -0.2) is 20.0 Å². The topological polar surface area (TPSA) is 272 Å². The summed E-state index contributed by atoms with van der Waals surface area (Å²) in [5.74, 6) is 23.3. The number of fused-ring (bicyclic) bond motifs is 12. The van der Waals surface area contributed by atoms with Gasteiger partial charge in [0, 0.05) is 114 Å². The quantitative estimate of drug-likeness (QED) is 0.102. The van der Waals surface area contributed by atoms with Gasteiger partial charge in [0.1, 0.15) is 0 Å². The lowest BCUT2D eigenvalue weighted by atomic mass is 9.61. The Labute approximate surface area is 690 Å². The highest BCUT2D eigenvalue weighted by Gasteiger charge is 2.71. The Hall–Kier alpha value is -8.84. The maximum absolute atomic E-state index is 13.6. The van der Waals surface area contributed by atoms with Crippen molar-refractivity contribution in [3.05, 3.63) is 140 Å². The minimum absolute atomic E-state index is 0.00286. The zero-order chi connectivity index (χ0) is 83.2. The number of aliphatic imine (C=N–C) groups is 4. The largest absolute Gasteiger partial charge is 0.381 e. The second kappa shape index (κ2) is 33.5. The Morgan fingerprint density at radius 1 is 0.371 bits per heavy atom. The molecule has 8 spiro atoms. The van der Waals surface area contributed by atoms with Gasteiger partial charge in [0.05, 0.1) is 24.4 Å². The second-order valence-corrected chi connectivity index (χ2v) is 37.3. The van der Waals surface area contributed by atoms with Crippen LogP contribution in [0.15, 0.2) is 92.8 Å². The average molecular weight is 1580 g/mol. The van der Waals surface area contributed by atoms with Crippen LogP contribution in [0.3, 0.4) is 0 Å². The van der Waals surface area contributed by atoms with Crippen LogP contribution >= 0.6 is 0 Å². The zero-order valence-corrected chi connectivity index (χ0v) is 72.1. The van der Waals surface area contributed by atoms with Gasteiger partial charge in [0.15, 0.2) is 46.0 Å². The molecule has 620 valence electrons. The number of amides is 4. The smallest absolute Gasteiger partial charge is 0.262 e. The first-order valence-electron chi connectivity index (χ1n) is 43.0. The number of likely N-dealkylation sites (N-methyl/N-ethyl adjacent to an activating group) is 4. The summed E-state index contributed by atoms with van der Waals surface area (Å²) < 4.78 is 22.4. The Morgan fingerprint density at radius 2 is 0.612 bits per heavy atom. The molecule has 2 unspecified atom stereocenters. The van der Waals surface area contributed by atoms with Gasteiger partial charge >= 0.3 is 0 Å². The monoisotopic (exact) mass is 1580 g/mol. The van der Waals surface area contributed by atoms with Crippen LogP contribution in [0, 0.1) is 80.9 Å². The van der Waals surface area contributed by atoms with E-state index in [1.54, 1.807) is 61.5 Å². The van der Waals surface area contributed by atoms with E-state index >= 15 is 0 Å². The summed E-state index contributed by atoms with van der Waals surface area (Å²) in [4.78, 5) is 80.2. The van der Waals surface area contributed by atoms with Crippen molar-refractivity contribution in [2.45, 2.75) is 269 Å². The molecule has 0 bridgehead atoms. The molecule has 20 heteroatoms. The number of guanidine groups is 4. The third kappa shape index (κ3) is 14.6. The van der Waals surface area contributed by atoms with E-state index in [0.29, 0.717) is 47.5 Å². The number of benzene rings is 4. The standard InChI is InChI=1S/C24H35N3O2.3C24H31N3O2/c4*1-16(2)6-5-7-17-8-9-18-15-23(12-10-19(29-4)11-13-23)24(20(18)14-17)21(28)27(3)22(25)26-24/h8-9,14,16,19H,5-7,10-13,15H2,1-4H3,(H2,25,26);3*8-9,14,16,19H,6,10-13,15H2,1-4H3,(H2,25,26)/t;2*19?,23?,24-;/m.10./s1. The fourth-order valence-electron chi connectivity index (χ4n) is 21.9. The fourth-order valence-corrected chi connectivity index (χ4v) is 21.9. The third-order valence-corrected chi connectivity index (χ3v) is 28.6. The van der Waals surface area contributed by atoms with Crippen molar-refractivity contribution < 1.29 is 38.1 Å². The van der Waals surface area contributed by atoms with E-state index in [2.05, 4.69) is 164 Å². The van der Waals surface area contributed by atoms with Crippen molar-refractivity contribution in [3.63, 3.8) is 0 Å². The van der Waals surface area contributed by atoms with Crippen molar-refractivity contribution in [2.75, 3.05) is 56.6 Å². The molecule has 0 radical (unpaired) electrons. The van der Waals surface area contributed by atoms with E-state index in [1.807, 2.05) is 0 Å². The molecule has 0 aromatic heterocycles. The maximum Gasteiger partial charge on any atom is 0.262 e. The molecule has 12 aliphatic rings. The summed E-state index contributed by atoms with van der Waals surface area (Å²) in [7, 11) is 14.1. The van der Waals surface area contributed by atoms with Gasteiger partial charge in [-0.1, -0.05) is 134 Å². The molecule has 4 fully saturated rings. The first-order valence-corrected chi connectivity index (χ1v) is 43.0. The van der Waals surface area contributed by atoms with E-state index < -0.39 is 22.2 Å². The molecule has 20 nitrogen and oxygen atoms in total. The van der Waals surface area contributed by atoms with Gasteiger partial charge in [-0.15, -0.1) is 0 Å². The molecule has 4 aliphatic heterocycles. The number of aryl methyl sites for hydroxylation is 1. The number of nitrogens with two attached hydrogens (primary N) is 4. The number of hydrogen-bond acceptors (Lipinski definition) is 16. The van der Waals surface area contributed by atoms with Crippen LogP contribution in [0.5, 0.6) is 0 Å². The van der Waals surface area contributed by atoms with Crippen LogP contribution in [0.1, 0.15) is 257 Å². The summed E-state index contributed by atoms with van der Waals surface area (Å²) in [6.45, 7) is 17.5. The van der Waals surface area contributed by atoms with Crippen LogP contribution in [-0.2, 0) is 92.4 Å². The number of methoxy groups -OCH3 is 4. The van der Waals surface area contributed by atoms with Crippen molar-refractivity contribution in [1.29, 1.82) is 0 Å². The molecule has 4 aromatic carbocycles. The van der Waals surface area contributed by atoms with Crippen LogP contribution < -0.4 is 22.9 Å². The molecule has 4 heterocycles. The normalized spacial score (nSPS) is 30.8. The van der Waals surface area contributed by atoms with Crippen molar-refractivity contribution in [1.82, 2.24) is 19.6 Å². The Morgan fingerprint density at radius 3 is 0.828 bits per heavy atom. The molecule has 0 saturated heterocycles. The molecular weight excluding hydrogens is 1450 g/mol. The Kier molecular flexibility index (Phi) is 24.6. The van der Waals surface area contributed by atoms with Crippen LogP contribution in [0.25, 0.3) is 0 Å². The predicted octanol–water partition coefficient (Wildman–Crippen LogP) is 13.4. The number of carbonyl (C=O) groups excluding carboxylic acids is 4. The van der Waals surface area contributed by atoms with Gasteiger partial charge in [-0.3, -0.25) is 38.8 Å². The molecule has 4 aromatic rings. The molecule has 116 heavy (non-hydrogen) atoms. The zero-order valence-electron chi connectivity index (χ0n) is 72.1. The number of ether oxygens (including phenoxy) is 4. The van der Waals surface area contributed by atoms with Gasteiger partial charge in [0.25, 0.3) is 23.6 Å². The maximum atomic E-state index is 13.6. The van der Waals surface area contributed by atoms with Crippen molar-refractivity contribution in [2.24, 2.45) is 88.2 Å². The van der Waals surface area contributed by atoms with Crippen LogP contribution in [0.4, 0.5) is 0 Å². The third-order valence-electron chi connectivity index (χ3n) is 28.6. The second-order valence-electron chi connectivity index (χ2n) is 37.3.